The molecule has 0 fully saturated rings. The number of nitrogens with zero attached hydrogens (tertiary/aromatic N) is 1. The minimum Gasteiger partial charge on any atom is -0.312 e. The van der Waals surface area contributed by atoms with Gasteiger partial charge in [0.05, 0.1) is 11.6 Å². The lowest BCUT2D eigenvalue weighted by Gasteiger charge is -2.50. The van der Waals surface area contributed by atoms with Gasteiger partial charge in [-0.3, -0.25) is 9.69 Å². The van der Waals surface area contributed by atoms with E-state index in [0.717, 1.165) is 10.2 Å². The molecule has 1 heterocycles. The number of carbonyl (C=O) groups excluding carboxylic acids is 2. The molecule has 1 aliphatic carbocycles. The third kappa shape index (κ3) is 3.26. The van der Waals surface area contributed by atoms with Crippen LogP contribution < -0.4 is 5.32 Å². The van der Waals surface area contributed by atoms with Crippen LogP contribution in [0.4, 0.5) is 31.1 Å². The predicted octanol–water partition coefficient (Wildman–Crippen LogP) is 5.28. The largest absolute Gasteiger partial charge is 0.425 e. The van der Waals surface area contributed by atoms with Gasteiger partial charge in [-0.25, -0.2) is 4.79 Å². The molecule has 2 amide bonds. The summed E-state index contributed by atoms with van der Waals surface area (Å²) in [6.45, 7) is 4.62. The van der Waals surface area contributed by atoms with Crippen molar-refractivity contribution in [2.24, 2.45) is 5.41 Å². The maximum absolute atomic E-state index is 13.9. The number of urea groups is 1. The summed E-state index contributed by atoms with van der Waals surface area (Å²) in [5, 5.41) is 1.13. The highest BCUT2D eigenvalue weighted by molar-refractivity contribution is 6.03. The van der Waals surface area contributed by atoms with Crippen LogP contribution >= 0.6 is 0 Å². The third-order valence-corrected chi connectivity index (χ3v) is 5.55. The van der Waals surface area contributed by atoms with Crippen molar-refractivity contribution >= 4 is 11.8 Å². The molecule has 1 N–H and O–H groups in total. The zero-order valence-corrected chi connectivity index (χ0v) is 16.4. The van der Waals surface area contributed by atoms with Crippen LogP contribution in [-0.4, -0.2) is 34.6 Å². The number of ketones is 1. The van der Waals surface area contributed by atoms with E-state index >= 15 is 0 Å². The van der Waals surface area contributed by atoms with Crippen molar-refractivity contribution in [3.8, 4) is 0 Å². The summed E-state index contributed by atoms with van der Waals surface area (Å²) in [5.41, 5.74) is -7.13. The number of amides is 2. The average molecular weight is 434 g/mol. The topological polar surface area (TPSA) is 49.4 Å². The summed E-state index contributed by atoms with van der Waals surface area (Å²) in [5.74, 6) is -1.28. The van der Waals surface area contributed by atoms with E-state index in [1.165, 1.54) is 6.92 Å². The lowest BCUT2D eigenvalue weighted by atomic mass is 9.68. The molecule has 0 saturated heterocycles. The number of hydrogen-bond donors (Lipinski definition) is 1. The van der Waals surface area contributed by atoms with Gasteiger partial charge in [0.15, 0.2) is 5.78 Å². The van der Waals surface area contributed by atoms with Crippen LogP contribution in [0.1, 0.15) is 45.2 Å². The standard InChI is InChI=1S/C20H20F6N2O2/c1-11(12-7-5-4-6-8-12)28-13-9-17(2,3)10-14(29)15(13)18(19(21,22)23,20(24,25)26)27-16(28)30/h4-8,11H,9-10H2,1-3H3,(H,27,30)/t11-/m0/s1. The molecule has 0 saturated carbocycles. The first kappa shape index (κ1) is 22.2. The molecule has 4 nitrogen and oxygen atoms in total. The first-order valence-electron chi connectivity index (χ1n) is 9.19. The van der Waals surface area contributed by atoms with E-state index < -0.39 is 58.9 Å². The van der Waals surface area contributed by atoms with Crippen LogP contribution in [0.2, 0.25) is 0 Å². The smallest absolute Gasteiger partial charge is 0.312 e. The minimum atomic E-state index is -5.96. The van der Waals surface area contributed by atoms with Gasteiger partial charge in [-0.15, -0.1) is 0 Å². The van der Waals surface area contributed by atoms with Gasteiger partial charge >= 0.3 is 18.4 Å². The monoisotopic (exact) mass is 434 g/mol. The highest BCUT2D eigenvalue weighted by Crippen LogP contribution is 2.55. The fourth-order valence-corrected chi connectivity index (χ4v) is 4.20. The number of hydrogen-bond acceptors (Lipinski definition) is 2. The molecule has 0 bridgehead atoms. The molecule has 1 aliphatic heterocycles. The highest BCUT2D eigenvalue weighted by atomic mass is 19.4. The fourth-order valence-electron chi connectivity index (χ4n) is 4.20. The summed E-state index contributed by atoms with van der Waals surface area (Å²) in [6, 6.07) is 5.71. The summed E-state index contributed by atoms with van der Waals surface area (Å²) in [7, 11) is 0. The van der Waals surface area contributed by atoms with Crippen LogP contribution in [0.5, 0.6) is 0 Å². The molecule has 164 valence electrons. The molecule has 0 spiro atoms. The van der Waals surface area contributed by atoms with Gasteiger partial charge in [0.1, 0.15) is 0 Å². The maximum Gasteiger partial charge on any atom is 0.425 e. The van der Waals surface area contributed by atoms with Crippen molar-refractivity contribution in [1.29, 1.82) is 0 Å². The summed E-state index contributed by atoms with van der Waals surface area (Å²) in [4.78, 5) is 26.3. The van der Waals surface area contributed by atoms with E-state index in [1.54, 1.807) is 44.2 Å². The Morgan fingerprint density at radius 1 is 0.967 bits per heavy atom. The van der Waals surface area contributed by atoms with E-state index in [-0.39, 0.29) is 6.42 Å². The van der Waals surface area contributed by atoms with E-state index in [0.29, 0.717) is 5.56 Å². The zero-order valence-electron chi connectivity index (χ0n) is 16.4. The molecule has 30 heavy (non-hydrogen) atoms. The van der Waals surface area contributed by atoms with Gasteiger partial charge in [-0.2, -0.15) is 26.3 Å². The first-order valence-corrected chi connectivity index (χ1v) is 9.19. The number of halogens is 6. The normalized spacial score (nSPS) is 22.5. The lowest BCUT2D eigenvalue weighted by Crippen LogP contribution is -2.74. The lowest BCUT2D eigenvalue weighted by molar-refractivity contribution is -0.292. The molecule has 2 aliphatic rings. The second-order valence-corrected chi connectivity index (χ2v) is 8.39. The van der Waals surface area contributed by atoms with E-state index in [2.05, 4.69) is 0 Å². The number of nitrogens with one attached hydrogen (secondary N) is 1. The Morgan fingerprint density at radius 3 is 2.00 bits per heavy atom. The van der Waals surface area contributed by atoms with Crippen molar-refractivity contribution in [3.63, 3.8) is 0 Å². The SMILES string of the molecule is C[C@@H](c1ccccc1)N1C(=O)NC(C(F)(F)F)(C(F)(F)F)C2=C1CC(C)(C)CC2=O. The van der Waals surface area contributed by atoms with Crippen LogP contribution in [0.15, 0.2) is 41.6 Å². The number of allylic oxidation sites excluding steroid dienone is 1. The van der Waals surface area contributed by atoms with Gasteiger partial charge in [0.25, 0.3) is 5.54 Å². The van der Waals surface area contributed by atoms with Crippen LogP contribution in [0, 0.1) is 5.41 Å². The molecule has 3 rings (SSSR count). The minimum absolute atomic E-state index is 0.285. The van der Waals surface area contributed by atoms with Crippen molar-refractivity contribution in [1.82, 2.24) is 10.2 Å². The number of benzene rings is 1. The van der Waals surface area contributed by atoms with Crippen molar-refractivity contribution in [2.75, 3.05) is 0 Å². The summed E-state index contributed by atoms with van der Waals surface area (Å²) < 4.78 is 83.5. The quantitative estimate of drug-likeness (QED) is 0.644. The second kappa shape index (κ2) is 6.75. The Balaban J connectivity index is 2.33. The van der Waals surface area contributed by atoms with Gasteiger partial charge in [-0.1, -0.05) is 44.2 Å². The second-order valence-electron chi connectivity index (χ2n) is 8.39. The average Bonchev–Trinajstić information content (AvgIpc) is 2.58. The molecule has 0 unspecified atom stereocenters. The van der Waals surface area contributed by atoms with E-state index in [9.17, 15) is 35.9 Å². The first-order chi connectivity index (χ1) is 13.6. The fraction of sp³-hybridized carbons (Fsp3) is 0.500. The number of rotatable bonds is 2. The van der Waals surface area contributed by atoms with Crippen LogP contribution in [0.3, 0.4) is 0 Å². The van der Waals surface area contributed by atoms with Gasteiger partial charge in [0.2, 0.25) is 0 Å². The summed E-state index contributed by atoms with van der Waals surface area (Å²) >= 11 is 0. The van der Waals surface area contributed by atoms with Gasteiger partial charge in [0, 0.05) is 12.1 Å². The van der Waals surface area contributed by atoms with Crippen LogP contribution in [0.25, 0.3) is 0 Å². The predicted molar refractivity (Wildman–Crippen MR) is 95.1 cm³/mol. The Bertz CT molecular complexity index is 888. The molecule has 1 aromatic carbocycles. The number of Topliss-reactive ketones (excluding diaryl/α,β-unsaturated/α-hetero) is 1. The number of alkyl halides is 6. The van der Waals surface area contributed by atoms with E-state index in [4.69, 9.17) is 0 Å². The Kier molecular flexibility index (Phi) is 4.99. The molecular formula is C20H20F6N2O2. The highest BCUT2D eigenvalue weighted by Gasteiger charge is 2.77. The molecule has 0 radical (unpaired) electrons. The molecule has 0 aromatic heterocycles. The van der Waals surface area contributed by atoms with Gasteiger partial charge in [-0.05, 0) is 24.3 Å². The number of carbonyl (C=O) groups is 2. The zero-order chi connectivity index (χ0) is 22.7. The maximum atomic E-state index is 13.9. The Hall–Kier alpha value is -2.52. The Labute approximate surface area is 168 Å². The molecular weight excluding hydrogens is 414 g/mol. The van der Waals surface area contributed by atoms with Crippen molar-refractivity contribution in [2.45, 2.75) is 57.5 Å². The summed E-state index contributed by atoms with van der Waals surface area (Å²) in [6.07, 6.45) is -12.7. The van der Waals surface area contributed by atoms with Crippen molar-refractivity contribution < 1.29 is 35.9 Å². The van der Waals surface area contributed by atoms with E-state index in [1.807, 2.05) is 0 Å². The van der Waals surface area contributed by atoms with Crippen molar-refractivity contribution in [3.05, 3.63) is 47.2 Å². The van der Waals surface area contributed by atoms with Crippen LogP contribution in [-0.2, 0) is 4.79 Å². The Morgan fingerprint density at radius 2 is 1.50 bits per heavy atom. The third-order valence-electron chi connectivity index (χ3n) is 5.55. The molecule has 1 atom stereocenters. The van der Waals surface area contributed by atoms with Gasteiger partial charge < -0.3 is 5.32 Å². The molecule has 10 heteroatoms. The molecule has 1 aromatic rings.